The number of aliphatic hydroxyl groups is 1. The van der Waals surface area contributed by atoms with Gasteiger partial charge in [0, 0.05) is 12.8 Å². The van der Waals surface area contributed by atoms with Gasteiger partial charge in [-0.2, -0.15) is 0 Å². The Kier molecular flexibility index (Phi) is 6.51. The van der Waals surface area contributed by atoms with Crippen molar-refractivity contribution in [2.75, 3.05) is 13.2 Å². The number of ether oxygens (including phenoxy) is 1. The molecule has 3 nitrogen and oxygen atoms in total. The molecule has 0 aliphatic heterocycles. The molecule has 1 unspecified atom stereocenters. The first-order chi connectivity index (χ1) is 8.27. The van der Waals surface area contributed by atoms with E-state index in [9.17, 15) is 4.79 Å². The quantitative estimate of drug-likeness (QED) is 0.754. The molecule has 0 aromatic heterocycles. The first-order valence-electron chi connectivity index (χ1n) is 6.07. The maximum absolute atomic E-state index is 11.6. The van der Waals surface area contributed by atoms with E-state index in [-0.39, 0.29) is 25.1 Å². The minimum absolute atomic E-state index is 0.0225. The monoisotopic (exact) mass is 236 g/mol. The van der Waals surface area contributed by atoms with Crippen LogP contribution in [0.4, 0.5) is 0 Å². The van der Waals surface area contributed by atoms with Gasteiger partial charge in [0.05, 0.1) is 19.3 Å². The van der Waals surface area contributed by atoms with Crippen LogP contribution in [-0.2, 0) is 9.53 Å². The van der Waals surface area contributed by atoms with E-state index in [1.54, 1.807) is 0 Å². The zero-order valence-corrected chi connectivity index (χ0v) is 10.3. The minimum Gasteiger partial charge on any atom is -0.394 e. The van der Waals surface area contributed by atoms with Gasteiger partial charge in [0.15, 0.2) is 0 Å². The van der Waals surface area contributed by atoms with Crippen LogP contribution in [0, 0.1) is 0 Å². The SMILES string of the molecule is CCCC(=O)CC(OCCO)c1ccccc1. The molecule has 1 aromatic rings. The maximum atomic E-state index is 11.6. The number of Topliss-reactive ketones (excluding diaryl/α,β-unsaturated/α-hetero) is 1. The molecule has 1 rings (SSSR count). The van der Waals surface area contributed by atoms with Gasteiger partial charge in [-0.1, -0.05) is 37.3 Å². The third kappa shape index (κ3) is 5.11. The molecule has 0 saturated carbocycles. The number of rotatable bonds is 8. The molecule has 1 atom stereocenters. The highest BCUT2D eigenvalue weighted by Crippen LogP contribution is 2.22. The number of ketones is 1. The predicted molar refractivity (Wildman–Crippen MR) is 66.8 cm³/mol. The molecule has 94 valence electrons. The number of hydrogen-bond acceptors (Lipinski definition) is 3. The summed E-state index contributed by atoms with van der Waals surface area (Å²) in [5.74, 6) is 0.208. The lowest BCUT2D eigenvalue weighted by Gasteiger charge is -2.17. The van der Waals surface area contributed by atoms with E-state index in [2.05, 4.69) is 0 Å². The summed E-state index contributed by atoms with van der Waals surface area (Å²) in [7, 11) is 0. The van der Waals surface area contributed by atoms with Crippen LogP contribution < -0.4 is 0 Å². The van der Waals surface area contributed by atoms with Gasteiger partial charge in [0.25, 0.3) is 0 Å². The fourth-order valence-corrected chi connectivity index (χ4v) is 1.72. The van der Waals surface area contributed by atoms with Gasteiger partial charge in [-0.25, -0.2) is 0 Å². The Bertz CT molecular complexity index is 321. The molecule has 1 aromatic carbocycles. The Hall–Kier alpha value is -1.19. The number of benzene rings is 1. The zero-order valence-electron chi connectivity index (χ0n) is 10.3. The molecule has 0 saturated heterocycles. The Morgan fingerprint density at radius 3 is 2.65 bits per heavy atom. The van der Waals surface area contributed by atoms with Crippen LogP contribution in [0.2, 0.25) is 0 Å². The molecule has 17 heavy (non-hydrogen) atoms. The van der Waals surface area contributed by atoms with Crippen LogP contribution >= 0.6 is 0 Å². The molecule has 0 amide bonds. The molecule has 0 bridgehead atoms. The fraction of sp³-hybridized carbons (Fsp3) is 0.500. The molecule has 0 aliphatic rings. The highest BCUT2D eigenvalue weighted by Gasteiger charge is 2.15. The van der Waals surface area contributed by atoms with Crippen molar-refractivity contribution in [2.24, 2.45) is 0 Å². The zero-order chi connectivity index (χ0) is 12.5. The molecule has 0 aliphatic carbocycles. The van der Waals surface area contributed by atoms with Crippen molar-refractivity contribution in [3.63, 3.8) is 0 Å². The molecule has 1 N–H and O–H groups in total. The Morgan fingerprint density at radius 1 is 1.35 bits per heavy atom. The van der Waals surface area contributed by atoms with Crippen LogP contribution in [0.3, 0.4) is 0 Å². The second-order valence-electron chi connectivity index (χ2n) is 3.99. The summed E-state index contributed by atoms with van der Waals surface area (Å²) in [5.41, 5.74) is 0.991. The van der Waals surface area contributed by atoms with E-state index in [1.807, 2.05) is 37.3 Å². The molecule has 0 spiro atoms. The van der Waals surface area contributed by atoms with Gasteiger partial charge < -0.3 is 9.84 Å². The Morgan fingerprint density at radius 2 is 2.06 bits per heavy atom. The van der Waals surface area contributed by atoms with Crippen LogP contribution in [0.5, 0.6) is 0 Å². The van der Waals surface area contributed by atoms with Crippen molar-refractivity contribution in [3.05, 3.63) is 35.9 Å². The third-order valence-electron chi connectivity index (χ3n) is 2.52. The summed E-state index contributed by atoms with van der Waals surface area (Å²) >= 11 is 0. The van der Waals surface area contributed by atoms with Crippen molar-refractivity contribution in [3.8, 4) is 0 Å². The first-order valence-corrected chi connectivity index (χ1v) is 6.07. The average molecular weight is 236 g/mol. The summed E-state index contributed by atoms with van der Waals surface area (Å²) in [4.78, 5) is 11.6. The van der Waals surface area contributed by atoms with E-state index < -0.39 is 0 Å². The highest BCUT2D eigenvalue weighted by atomic mass is 16.5. The Balaban J connectivity index is 2.63. The summed E-state index contributed by atoms with van der Waals surface area (Å²) < 4.78 is 5.52. The summed E-state index contributed by atoms with van der Waals surface area (Å²) in [5, 5.41) is 8.79. The largest absolute Gasteiger partial charge is 0.394 e. The number of carbonyl (C=O) groups is 1. The van der Waals surface area contributed by atoms with E-state index in [1.165, 1.54) is 0 Å². The lowest BCUT2D eigenvalue weighted by atomic mass is 10.0. The van der Waals surface area contributed by atoms with Crippen molar-refractivity contribution < 1.29 is 14.6 Å². The van der Waals surface area contributed by atoms with E-state index >= 15 is 0 Å². The van der Waals surface area contributed by atoms with Gasteiger partial charge in [-0.3, -0.25) is 4.79 Å². The summed E-state index contributed by atoms with van der Waals surface area (Å²) in [6.45, 7) is 2.23. The van der Waals surface area contributed by atoms with Crippen molar-refractivity contribution in [1.82, 2.24) is 0 Å². The predicted octanol–water partition coefficient (Wildman–Crippen LogP) is 2.50. The molecule has 0 heterocycles. The lowest BCUT2D eigenvalue weighted by Crippen LogP contribution is -2.12. The minimum atomic E-state index is -0.234. The molecule has 3 heteroatoms. The standard InChI is InChI=1S/C14H20O3/c1-2-6-13(16)11-14(17-10-9-15)12-7-4-3-5-8-12/h3-5,7-8,14-15H,2,6,9-11H2,1H3. The topological polar surface area (TPSA) is 46.5 Å². The third-order valence-corrected chi connectivity index (χ3v) is 2.52. The van der Waals surface area contributed by atoms with Crippen molar-refractivity contribution >= 4 is 5.78 Å². The fourth-order valence-electron chi connectivity index (χ4n) is 1.72. The molecule has 0 fully saturated rings. The second-order valence-corrected chi connectivity index (χ2v) is 3.99. The van der Waals surface area contributed by atoms with E-state index in [4.69, 9.17) is 9.84 Å². The highest BCUT2D eigenvalue weighted by molar-refractivity contribution is 5.79. The number of hydrogen-bond donors (Lipinski definition) is 1. The molecular formula is C14H20O3. The smallest absolute Gasteiger partial charge is 0.135 e. The lowest BCUT2D eigenvalue weighted by molar-refractivity contribution is -0.122. The van der Waals surface area contributed by atoms with Crippen molar-refractivity contribution in [2.45, 2.75) is 32.3 Å². The summed E-state index contributed by atoms with van der Waals surface area (Å²) in [6, 6.07) is 9.67. The normalized spacial score (nSPS) is 12.4. The van der Waals surface area contributed by atoms with Crippen LogP contribution in [0.15, 0.2) is 30.3 Å². The first kappa shape index (κ1) is 13.9. The van der Waals surface area contributed by atoms with Crippen LogP contribution in [-0.4, -0.2) is 24.1 Å². The molecular weight excluding hydrogens is 216 g/mol. The average Bonchev–Trinajstić information content (AvgIpc) is 2.36. The van der Waals surface area contributed by atoms with Gasteiger partial charge in [0.1, 0.15) is 5.78 Å². The van der Waals surface area contributed by atoms with Gasteiger partial charge in [-0.05, 0) is 12.0 Å². The Labute approximate surface area is 102 Å². The van der Waals surface area contributed by atoms with E-state index in [0.717, 1.165) is 12.0 Å². The number of carbonyl (C=O) groups excluding carboxylic acids is 1. The van der Waals surface area contributed by atoms with Gasteiger partial charge in [0.2, 0.25) is 0 Å². The number of aliphatic hydroxyl groups excluding tert-OH is 1. The van der Waals surface area contributed by atoms with E-state index in [0.29, 0.717) is 12.8 Å². The maximum Gasteiger partial charge on any atom is 0.135 e. The van der Waals surface area contributed by atoms with Crippen LogP contribution in [0.1, 0.15) is 37.9 Å². The summed E-state index contributed by atoms with van der Waals surface area (Å²) in [6.07, 6.45) is 1.60. The molecule has 0 radical (unpaired) electrons. The second kappa shape index (κ2) is 7.98. The van der Waals surface area contributed by atoms with Crippen molar-refractivity contribution in [1.29, 1.82) is 0 Å². The van der Waals surface area contributed by atoms with Gasteiger partial charge >= 0.3 is 0 Å². The van der Waals surface area contributed by atoms with Crippen LogP contribution in [0.25, 0.3) is 0 Å². The van der Waals surface area contributed by atoms with Gasteiger partial charge in [-0.15, -0.1) is 0 Å².